The zero-order valence-electron chi connectivity index (χ0n) is 10.8. The number of fused-ring (bicyclic) bond motifs is 1. The van der Waals surface area contributed by atoms with Gasteiger partial charge < -0.3 is 20.3 Å². The largest absolute Gasteiger partial charge is 0.478 e. The summed E-state index contributed by atoms with van der Waals surface area (Å²) in [5.74, 6) is -0.390. The van der Waals surface area contributed by atoms with Crippen molar-refractivity contribution >= 4 is 17.0 Å². The lowest BCUT2D eigenvalue weighted by molar-refractivity contribution is -0.0424. The molecule has 0 amide bonds. The number of aliphatic hydroxyl groups is 2. The second kappa shape index (κ2) is 5.01. The van der Waals surface area contributed by atoms with Crippen LogP contribution in [0.2, 0.25) is 0 Å². The molecule has 21 heavy (non-hydrogen) atoms. The highest BCUT2D eigenvalue weighted by Crippen LogP contribution is 2.23. The van der Waals surface area contributed by atoms with Crippen LogP contribution < -0.4 is 0 Å². The summed E-state index contributed by atoms with van der Waals surface area (Å²) in [6, 6.07) is 11.2. The Morgan fingerprint density at radius 2 is 1.81 bits per heavy atom. The topological polar surface area (TPSA) is 106 Å². The third kappa shape index (κ3) is 2.49. The van der Waals surface area contributed by atoms with Gasteiger partial charge in [-0.05, 0) is 24.3 Å². The average Bonchev–Trinajstić information content (AvgIpc) is 2.90. The van der Waals surface area contributed by atoms with E-state index >= 15 is 0 Å². The SMILES string of the molecule is O=C(O)c1ccc(-c2nc3ccc(C(O)O)cc3[nH]2)cc1. The van der Waals surface area contributed by atoms with Crippen molar-refractivity contribution in [1.29, 1.82) is 0 Å². The molecule has 6 heteroatoms. The third-order valence-electron chi connectivity index (χ3n) is 3.21. The number of hydrogen-bond donors (Lipinski definition) is 4. The number of imidazole rings is 1. The van der Waals surface area contributed by atoms with Crippen molar-refractivity contribution in [3.63, 3.8) is 0 Å². The lowest BCUT2D eigenvalue weighted by Gasteiger charge is -2.01. The number of hydrogen-bond acceptors (Lipinski definition) is 4. The molecule has 2 aromatic carbocycles. The van der Waals surface area contributed by atoms with Crippen molar-refractivity contribution in [2.75, 3.05) is 0 Å². The first-order chi connectivity index (χ1) is 10.0. The number of nitrogens with one attached hydrogen (secondary N) is 1. The highest BCUT2D eigenvalue weighted by atomic mass is 16.5. The fourth-order valence-corrected chi connectivity index (χ4v) is 2.10. The summed E-state index contributed by atoms with van der Waals surface area (Å²) in [6.45, 7) is 0. The summed E-state index contributed by atoms with van der Waals surface area (Å²) < 4.78 is 0. The Labute approximate surface area is 119 Å². The monoisotopic (exact) mass is 284 g/mol. The number of H-pyrrole nitrogens is 1. The second-order valence-electron chi connectivity index (χ2n) is 4.62. The van der Waals surface area contributed by atoms with Gasteiger partial charge in [-0.25, -0.2) is 9.78 Å². The maximum atomic E-state index is 10.8. The zero-order chi connectivity index (χ0) is 15.0. The van der Waals surface area contributed by atoms with Crippen LogP contribution >= 0.6 is 0 Å². The highest BCUT2D eigenvalue weighted by molar-refractivity contribution is 5.88. The van der Waals surface area contributed by atoms with E-state index in [9.17, 15) is 4.79 Å². The standard InChI is InChI=1S/C15H12N2O4/c18-14(19)9-3-1-8(2-4-9)13-16-11-6-5-10(15(20)21)7-12(11)17-13/h1-7,15,20-21H,(H,16,17)(H,18,19). The van der Waals surface area contributed by atoms with Crippen LogP contribution in [0.4, 0.5) is 0 Å². The normalized spacial score (nSPS) is 11.2. The molecule has 0 fully saturated rings. The zero-order valence-corrected chi connectivity index (χ0v) is 10.8. The lowest BCUT2D eigenvalue weighted by Crippen LogP contribution is -1.95. The molecule has 0 atom stereocenters. The second-order valence-corrected chi connectivity index (χ2v) is 4.62. The molecule has 0 saturated carbocycles. The molecule has 0 bridgehead atoms. The fraction of sp³-hybridized carbons (Fsp3) is 0.0667. The molecule has 0 saturated heterocycles. The minimum atomic E-state index is -1.53. The first kappa shape index (κ1) is 13.3. The van der Waals surface area contributed by atoms with Gasteiger partial charge in [-0.2, -0.15) is 0 Å². The van der Waals surface area contributed by atoms with E-state index in [4.69, 9.17) is 15.3 Å². The maximum Gasteiger partial charge on any atom is 0.335 e. The molecule has 0 aliphatic heterocycles. The molecule has 6 nitrogen and oxygen atoms in total. The van der Waals surface area contributed by atoms with Crippen molar-refractivity contribution in [3.05, 3.63) is 53.6 Å². The van der Waals surface area contributed by atoms with E-state index < -0.39 is 12.3 Å². The molecule has 106 valence electrons. The summed E-state index contributed by atoms with van der Waals surface area (Å²) in [6.07, 6.45) is -1.53. The number of aromatic carboxylic acids is 1. The van der Waals surface area contributed by atoms with Crippen LogP contribution in [0.15, 0.2) is 42.5 Å². The Morgan fingerprint density at radius 1 is 1.10 bits per heavy atom. The van der Waals surface area contributed by atoms with Gasteiger partial charge in [-0.1, -0.05) is 18.2 Å². The van der Waals surface area contributed by atoms with Crippen LogP contribution in [-0.2, 0) is 0 Å². The average molecular weight is 284 g/mol. The minimum Gasteiger partial charge on any atom is -0.478 e. The van der Waals surface area contributed by atoms with E-state index in [1.54, 1.807) is 30.3 Å². The van der Waals surface area contributed by atoms with Gasteiger partial charge >= 0.3 is 5.97 Å². The van der Waals surface area contributed by atoms with Crippen molar-refractivity contribution in [3.8, 4) is 11.4 Å². The van der Waals surface area contributed by atoms with Crippen LogP contribution in [-0.4, -0.2) is 31.3 Å². The molecule has 0 aliphatic carbocycles. The predicted molar refractivity (Wildman–Crippen MR) is 75.7 cm³/mol. The number of rotatable bonds is 3. The van der Waals surface area contributed by atoms with Crippen LogP contribution in [0.3, 0.4) is 0 Å². The Bertz CT molecular complexity index is 806. The van der Waals surface area contributed by atoms with Gasteiger partial charge in [-0.15, -0.1) is 0 Å². The molecule has 3 aromatic rings. The van der Waals surface area contributed by atoms with Crippen molar-refractivity contribution in [2.24, 2.45) is 0 Å². The van der Waals surface area contributed by atoms with E-state index in [1.807, 2.05) is 0 Å². The van der Waals surface area contributed by atoms with Gasteiger partial charge in [0, 0.05) is 11.1 Å². The summed E-state index contributed by atoms with van der Waals surface area (Å²) in [4.78, 5) is 18.3. The molecule has 1 aromatic heterocycles. The number of benzene rings is 2. The Morgan fingerprint density at radius 3 is 2.43 bits per heavy atom. The highest BCUT2D eigenvalue weighted by Gasteiger charge is 2.09. The van der Waals surface area contributed by atoms with Crippen LogP contribution in [0.5, 0.6) is 0 Å². The fourth-order valence-electron chi connectivity index (χ4n) is 2.10. The molecule has 0 spiro atoms. The Kier molecular flexibility index (Phi) is 3.17. The number of aromatic nitrogens is 2. The third-order valence-corrected chi connectivity index (χ3v) is 3.21. The predicted octanol–water partition coefficient (Wildman–Crippen LogP) is 1.91. The first-order valence-electron chi connectivity index (χ1n) is 6.24. The molecular formula is C15H12N2O4. The van der Waals surface area contributed by atoms with E-state index in [0.29, 0.717) is 22.4 Å². The van der Waals surface area contributed by atoms with Crippen LogP contribution in [0.1, 0.15) is 22.2 Å². The summed E-state index contributed by atoms with van der Waals surface area (Å²) in [5.41, 5.74) is 2.70. The van der Waals surface area contributed by atoms with Crippen molar-refractivity contribution in [1.82, 2.24) is 9.97 Å². The molecule has 0 aliphatic rings. The summed E-state index contributed by atoms with van der Waals surface area (Å²) in [5, 5.41) is 27.2. The summed E-state index contributed by atoms with van der Waals surface area (Å²) in [7, 11) is 0. The Balaban J connectivity index is 2.02. The number of aliphatic hydroxyl groups excluding tert-OH is 1. The number of aromatic amines is 1. The Hall–Kier alpha value is -2.70. The molecular weight excluding hydrogens is 272 g/mol. The molecule has 0 radical (unpaired) electrons. The van der Waals surface area contributed by atoms with Gasteiger partial charge in [-0.3, -0.25) is 0 Å². The van der Waals surface area contributed by atoms with Gasteiger partial charge in [0.15, 0.2) is 6.29 Å². The maximum absolute atomic E-state index is 10.8. The van der Waals surface area contributed by atoms with Gasteiger partial charge in [0.25, 0.3) is 0 Å². The number of carboxylic acids is 1. The smallest absolute Gasteiger partial charge is 0.335 e. The molecule has 0 unspecified atom stereocenters. The van der Waals surface area contributed by atoms with Crippen LogP contribution in [0, 0.1) is 0 Å². The quantitative estimate of drug-likeness (QED) is 0.550. The molecule has 1 heterocycles. The van der Waals surface area contributed by atoms with E-state index in [0.717, 1.165) is 5.56 Å². The van der Waals surface area contributed by atoms with E-state index in [1.165, 1.54) is 12.1 Å². The van der Waals surface area contributed by atoms with E-state index in [2.05, 4.69) is 9.97 Å². The van der Waals surface area contributed by atoms with Crippen molar-refractivity contribution < 1.29 is 20.1 Å². The molecule has 4 N–H and O–H groups in total. The van der Waals surface area contributed by atoms with Gasteiger partial charge in [0.1, 0.15) is 5.82 Å². The van der Waals surface area contributed by atoms with Crippen LogP contribution in [0.25, 0.3) is 22.4 Å². The number of carboxylic acid groups (broad SMARTS) is 1. The first-order valence-corrected chi connectivity index (χ1v) is 6.24. The lowest BCUT2D eigenvalue weighted by atomic mass is 10.1. The van der Waals surface area contributed by atoms with Gasteiger partial charge in [0.2, 0.25) is 0 Å². The molecule has 3 rings (SSSR count). The number of nitrogens with zero attached hydrogens (tertiary/aromatic N) is 1. The van der Waals surface area contributed by atoms with E-state index in [-0.39, 0.29) is 5.56 Å². The van der Waals surface area contributed by atoms with Crippen molar-refractivity contribution in [2.45, 2.75) is 6.29 Å². The number of carbonyl (C=O) groups is 1. The van der Waals surface area contributed by atoms with Gasteiger partial charge in [0.05, 0.1) is 16.6 Å². The minimum absolute atomic E-state index is 0.209. The summed E-state index contributed by atoms with van der Waals surface area (Å²) >= 11 is 0.